The molecule has 2 aliphatic carbocycles. The molecule has 288 valence electrons. The minimum absolute atomic E-state index is 1.11. The Kier molecular flexibility index (Phi) is 10.6. The van der Waals surface area contributed by atoms with Crippen molar-refractivity contribution in [3.8, 4) is 0 Å². The van der Waals surface area contributed by atoms with Gasteiger partial charge >= 0.3 is 0 Å². The summed E-state index contributed by atoms with van der Waals surface area (Å²) in [6.07, 6.45) is 9.96. The lowest BCUT2D eigenvalue weighted by Crippen LogP contribution is -2.19. The van der Waals surface area contributed by atoms with Gasteiger partial charge in [0, 0.05) is 0 Å². The van der Waals surface area contributed by atoms with E-state index in [0.29, 0.717) is 0 Å². The van der Waals surface area contributed by atoms with Gasteiger partial charge in [-0.15, -0.1) is 0 Å². The molecule has 12 aromatic carbocycles. The minimum Gasteiger partial charge on any atom is -0.0729 e. The summed E-state index contributed by atoms with van der Waals surface area (Å²) in [6.45, 7) is 0. The van der Waals surface area contributed by atoms with E-state index in [1.807, 2.05) is 0 Å². The summed E-state index contributed by atoms with van der Waals surface area (Å²) in [5.41, 5.74) is 2.70. The highest BCUT2D eigenvalue weighted by Crippen LogP contribution is 2.34. The molecule has 0 saturated heterocycles. The average Bonchev–Trinajstić information content (AvgIpc) is 4.01. The SMILES string of the molecule is C1=Cc2cccc3cccc1c23.C1=c2ccccc2=CC1.c1cc2ccc3cccc4ccc(c1)c2c34.c1ccc2c(c1)ccc1ccccc12.c1ccc2ccccc2c1. The minimum atomic E-state index is 1.11. The predicted molar refractivity (Wildman–Crippen MR) is 268 cm³/mol. The van der Waals surface area contributed by atoms with Gasteiger partial charge in [-0.25, -0.2) is 0 Å². The highest BCUT2D eigenvalue weighted by atomic mass is 14.1. The van der Waals surface area contributed by atoms with Crippen LogP contribution in [0.3, 0.4) is 0 Å². The van der Waals surface area contributed by atoms with Crippen molar-refractivity contribution >= 4 is 99.7 Å². The molecule has 0 aliphatic heterocycles. The molecule has 0 saturated carbocycles. The highest BCUT2D eigenvalue weighted by molar-refractivity contribution is 6.22. The van der Waals surface area contributed by atoms with Crippen molar-refractivity contribution in [2.24, 2.45) is 0 Å². The Balaban J connectivity index is 0.0000000927. The Morgan fingerprint density at radius 2 is 0.508 bits per heavy atom. The van der Waals surface area contributed by atoms with Crippen LogP contribution in [0.25, 0.3) is 99.7 Å². The molecule has 0 fully saturated rings. The van der Waals surface area contributed by atoms with Crippen molar-refractivity contribution in [2.75, 3.05) is 0 Å². The first-order valence-electron chi connectivity index (χ1n) is 21.1. The van der Waals surface area contributed by atoms with Gasteiger partial charge in [-0.3, -0.25) is 0 Å². The van der Waals surface area contributed by atoms with Gasteiger partial charge in [0.1, 0.15) is 0 Å². The zero-order chi connectivity index (χ0) is 40.8. The maximum absolute atomic E-state index is 2.25. The summed E-state index contributed by atoms with van der Waals surface area (Å²) in [4.78, 5) is 0. The average molecular weight is 777 g/mol. The lowest BCUT2D eigenvalue weighted by molar-refractivity contribution is 1.55. The van der Waals surface area contributed by atoms with Crippen LogP contribution in [0.4, 0.5) is 0 Å². The first-order chi connectivity index (χ1) is 30.3. The summed E-state index contributed by atoms with van der Waals surface area (Å²) in [5.74, 6) is 0. The maximum Gasteiger partial charge on any atom is -0.00268 e. The molecule has 0 N–H and O–H groups in total. The molecule has 0 unspecified atom stereocenters. The van der Waals surface area contributed by atoms with Gasteiger partial charge in [0.25, 0.3) is 0 Å². The van der Waals surface area contributed by atoms with Crippen molar-refractivity contribution in [1.82, 2.24) is 0 Å². The molecular formula is C61H44. The molecule has 12 aromatic rings. The molecule has 0 nitrogen and oxygen atoms in total. The second-order valence-corrected chi connectivity index (χ2v) is 15.5. The van der Waals surface area contributed by atoms with Gasteiger partial charge in [0.15, 0.2) is 0 Å². The zero-order valence-electron chi connectivity index (χ0n) is 34.0. The Hall–Kier alpha value is -7.80. The Bertz CT molecular complexity index is 3300. The van der Waals surface area contributed by atoms with Gasteiger partial charge in [-0.1, -0.05) is 255 Å². The van der Waals surface area contributed by atoms with Crippen LogP contribution in [0.1, 0.15) is 17.5 Å². The molecule has 14 rings (SSSR count). The fourth-order valence-corrected chi connectivity index (χ4v) is 8.81. The predicted octanol–water partition coefficient (Wildman–Crippen LogP) is 15.4. The summed E-state index contributed by atoms with van der Waals surface area (Å²) < 4.78 is 0. The molecule has 0 spiro atoms. The largest absolute Gasteiger partial charge is 0.0729 e. The topological polar surface area (TPSA) is 0 Å². The quantitative estimate of drug-likeness (QED) is 0.135. The Morgan fingerprint density at radius 3 is 0.918 bits per heavy atom. The Morgan fingerprint density at radius 1 is 0.213 bits per heavy atom. The van der Waals surface area contributed by atoms with Gasteiger partial charge in [-0.2, -0.15) is 0 Å². The fourth-order valence-electron chi connectivity index (χ4n) is 8.81. The smallest absolute Gasteiger partial charge is 0.00268 e. The van der Waals surface area contributed by atoms with Gasteiger partial charge < -0.3 is 0 Å². The maximum atomic E-state index is 2.25. The van der Waals surface area contributed by atoms with Crippen LogP contribution in [-0.2, 0) is 0 Å². The third-order valence-electron chi connectivity index (χ3n) is 11.8. The number of benzene rings is 12. The van der Waals surface area contributed by atoms with Crippen molar-refractivity contribution < 1.29 is 0 Å². The lowest BCUT2D eigenvalue weighted by atomic mass is 9.95. The van der Waals surface area contributed by atoms with E-state index in [1.54, 1.807) is 0 Å². The van der Waals surface area contributed by atoms with Crippen LogP contribution in [0.5, 0.6) is 0 Å². The number of fused-ring (bicyclic) bond motifs is 5. The highest BCUT2D eigenvalue weighted by Gasteiger charge is 2.07. The van der Waals surface area contributed by atoms with Crippen LogP contribution < -0.4 is 10.4 Å². The lowest BCUT2D eigenvalue weighted by Gasteiger charge is -2.09. The van der Waals surface area contributed by atoms with Gasteiger partial charge in [-0.05, 0) is 103 Å². The molecule has 0 heteroatoms. The fraction of sp³-hybridized carbons (Fsp3) is 0.0164. The second-order valence-electron chi connectivity index (χ2n) is 15.5. The summed E-state index contributed by atoms with van der Waals surface area (Å²) in [5, 5.41) is 21.6. The number of hydrogen-bond donors (Lipinski definition) is 0. The molecule has 0 atom stereocenters. The first-order valence-corrected chi connectivity index (χ1v) is 21.1. The third kappa shape index (κ3) is 7.88. The molecule has 0 heterocycles. The van der Waals surface area contributed by atoms with Gasteiger partial charge in [0.05, 0.1) is 0 Å². The first kappa shape index (κ1) is 37.5. The van der Waals surface area contributed by atoms with E-state index < -0.39 is 0 Å². The zero-order valence-corrected chi connectivity index (χ0v) is 34.0. The van der Waals surface area contributed by atoms with Gasteiger partial charge in [0.2, 0.25) is 0 Å². The van der Waals surface area contributed by atoms with E-state index in [2.05, 4.69) is 255 Å². The van der Waals surface area contributed by atoms with E-state index in [4.69, 9.17) is 0 Å². The molecular weight excluding hydrogens is 733 g/mol. The third-order valence-corrected chi connectivity index (χ3v) is 11.8. The van der Waals surface area contributed by atoms with Crippen LogP contribution >= 0.6 is 0 Å². The molecule has 0 bridgehead atoms. The number of rotatable bonds is 0. The van der Waals surface area contributed by atoms with E-state index in [0.717, 1.165) is 6.42 Å². The molecule has 2 aliphatic rings. The van der Waals surface area contributed by atoms with Crippen LogP contribution in [-0.4, -0.2) is 0 Å². The molecule has 61 heavy (non-hydrogen) atoms. The van der Waals surface area contributed by atoms with Crippen LogP contribution in [0.15, 0.2) is 231 Å². The van der Waals surface area contributed by atoms with E-state index in [-0.39, 0.29) is 0 Å². The van der Waals surface area contributed by atoms with Crippen molar-refractivity contribution in [1.29, 1.82) is 0 Å². The van der Waals surface area contributed by atoms with Crippen molar-refractivity contribution in [2.45, 2.75) is 6.42 Å². The molecule has 0 aromatic heterocycles. The molecule has 0 radical (unpaired) electrons. The van der Waals surface area contributed by atoms with Crippen molar-refractivity contribution in [3.05, 3.63) is 252 Å². The van der Waals surface area contributed by atoms with Crippen molar-refractivity contribution in [3.63, 3.8) is 0 Å². The normalized spacial score (nSPS) is 11.7. The monoisotopic (exact) mass is 776 g/mol. The Labute approximate surface area is 356 Å². The van der Waals surface area contributed by atoms with Crippen LogP contribution in [0.2, 0.25) is 0 Å². The summed E-state index contributed by atoms with van der Waals surface area (Å²) in [6, 6.07) is 81.3. The molecule has 0 amide bonds. The van der Waals surface area contributed by atoms with E-state index in [9.17, 15) is 0 Å². The number of hydrogen-bond acceptors (Lipinski definition) is 0. The summed E-state index contributed by atoms with van der Waals surface area (Å²) >= 11 is 0. The second kappa shape index (κ2) is 17.2. The summed E-state index contributed by atoms with van der Waals surface area (Å²) in [7, 11) is 0. The van der Waals surface area contributed by atoms with E-state index >= 15 is 0 Å². The standard InChI is InChI=1S/C16H10.C14H10.C12H8.C10H8.C9H8/c1-3-11-7-9-13-5-2-6-14-10-8-12(4-1)15(11)16(13)14;1-3-7-13-11(5-1)9-10-12-6-2-4-8-14(12)13;1-3-9-4-2-6-11-8-7-10(5-1)12(9)11;1-2-6-10-8-4-3-7-9(10)5-1;1-2-5-9-7-3-6-8(9)4-1/h1-10H;1-10H;1-8H;1-8H;1-2,4-7H,3H2. The van der Waals surface area contributed by atoms with Crippen LogP contribution in [0, 0.1) is 0 Å². The van der Waals surface area contributed by atoms with E-state index in [1.165, 1.54) is 97.0 Å².